The minimum atomic E-state index is 0.244. The van der Waals surface area contributed by atoms with Crippen LogP contribution >= 0.6 is 22.6 Å². The van der Waals surface area contributed by atoms with Crippen LogP contribution < -0.4 is 0 Å². The van der Waals surface area contributed by atoms with Crippen LogP contribution in [-0.4, -0.2) is 23.4 Å². The second-order valence-electron chi connectivity index (χ2n) is 5.20. The summed E-state index contributed by atoms with van der Waals surface area (Å²) >= 11 is 2.30. The fourth-order valence-electron chi connectivity index (χ4n) is 3.17. The van der Waals surface area contributed by atoms with Gasteiger partial charge in [0.1, 0.15) is 0 Å². The summed E-state index contributed by atoms with van der Waals surface area (Å²) in [5.74, 6) is 1.01. The Morgan fingerprint density at radius 2 is 2.24 bits per heavy atom. The van der Waals surface area contributed by atoms with Crippen LogP contribution in [0.4, 0.5) is 0 Å². The van der Waals surface area contributed by atoms with Crippen molar-refractivity contribution < 1.29 is 4.79 Å². The van der Waals surface area contributed by atoms with E-state index in [4.69, 9.17) is 0 Å². The summed E-state index contributed by atoms with van der Waals surface area (Å²) in [7, 11) is 0. The molecule has 2 atom stereocenters. The van der Waals surface area contributed by atoms with Gasteiger partial charge in [-0.2, -0.15) is 0 Å². The molecule has 1 aliphatic carbocycles. The molecule has 0 aromatic heterocycles. The fourth-order valence-corrected chi connectivity index (χ4v) is 3.67. The molecular formula is C14H16INO. The van der Waals surface area contributed by atoms with Crippen LogP contribution in [-0.2, 0) is 0 Å². The van der Waals surface area contributed by atoms with Crippen molar-refractivity contribution in [2.45, 2.75) is 32.2 Å². The van der Waals surface area contributed by atoms with Crippen molar-refractivity contribution in [2.75, 3.05) is 6.54 Å². The number of hydrogen-bond acceptors (Lipinski definition) is 1. The first-order valence-corrected chi connectivity index (χ1v) is 7.31. The number of carbonyl (C=O) groups excluding carboxylic acids is 1. The van der Waals surface area contributed by atoms with E-state index in [9.17, 15) is 4.79 Å². The zero-order chi connectivity index (χ0) is 12.0. The molecule has 1 amide bonds. The molecule has 3 heteroatoms. The van der Waals surface area contributed by atoms with Crippen molar-refractivity contribution in [2.24, 2.45) is 5.92 Å². The highest BCUT2D eigenvalue weighted by Gasteiger charge is 2.40. The Hall–Kier alpha value is -0.580. The number of fused-ring (bicyclic) bond motifs is 2. The molecule has 1 aromatic carbocycles. The van der Waals surface area contributed by atoms with E-state index in [-0.39, 0.29) is 5.91 Å². The molecule has 17 heavy (non-hydrogen) atoms. The number of benzene rings is 1. The third kappa shape index (κ3) is 1.88. The topological polar surface area (TPSA) is 20.3 Å². The molecule has 2 bridgehead atoms. The normalized spacial score (nSPS) is 26.6. The van der Waals surface area contributed by atoms with Gasteiger partial charge in [0.15, 0.2) is 0 Å². The number of amides is 1. The van der Waals surface area contributed by atoms with E-state index in [1.54, 1.807) is 0 Å². The molecule has 0 unspecified atom stereocenters. The molecule has 2 aliphatic rings. The van der Waals surface area contributed by atoms with Crippen LogP contribution in [0, 0.1) is 16.4 Å². The quantitative estimate of drug-likeness (QED) is 0.719. The Balaban J connectivity index is 1.89. The second kappa shape index (κ2) is 4.26. The summed E-state index contributed by atoms with van der Waals surface area (Å²) in [6.45, 7) is 3.03. The standard InChI is InChI=1S/C14H16INO/c1-9-12(3-2-4-13(9)15)14(17)16-8-10-5-6-11(16)7-10/h2-4,10-11H,5-8H2,1H3/t10-,11-/m0/s1. The molecule has 0 spiro atoms. The van der Waals surface area contributed by atoms with Crippen molar-refractivity contribution in [3.8, 4) is 0 Å². The monoisotopic (exact) mass is 341 g/mol. The van der Waals surface area contributed by atoms with Gasteiger partial charge in [0, 0.05) is 21.7 Å². The number of halogens is 1. The lowest BCUT2D eigenvalue weighted by Gasteiger charge is -2.27. The Labute approximate surface area is 116 Å². The number of rotatable bonds is 1. The smallest absolute Gasteiger partial charge is 0.254 e. The first-order chi connectivity index (χ1) is 8.16. The number of piperidine rings is 1. The predicted octanol–water partition coefficient (Wildman–Crippen LogP) is 3.22. The van der Waals surface area contributed by atoms with E-state index in [1.807, 2.05) is 19.1 Å². The number of nitrogens with zero attached hydrogens (tertiary/aromatic N) is 1. The number of likely N-dealkylation sites (tertiary alicyclic amines) is 1. The number of hydrogen-bond donors (Lipinski definition) is 0. The van der Waals surface area contributed by atoms with E-state index < -0.39 is 0 Å². The summed E-state index contributed by atoms with van der Waals surface area (Å²) < 4.78 is 1.18. The largest absolute Gasteiger partial charge is 0.335 e. The molecule has 1 saturated carbocycles. The minimum absolute atomic E-state index is 0.244. The third-order valence-corrected chi connectivity index (χ3v) is 5.34. The second-order valence-corrected chi connectivity index (χ2v) is 6.37. The Kier molecular flexibility index (Phi) is 2.89. The first kappa shape index (κ1) is 11.5. The predicted molar refractivity (Wildman–Crippen MR) is 76.1 cm³/mol. The summed E-state index contributed by atoms with van der Waals surface area (Å²) in [5, 5.41) is 0. The van der Waals surface area contributed by atoms with E-state index in [2.05, 4.69) is 33.6 Å². The third-order valence-electron chi connectivity index (χ3n) is 4.17. The van der Waals surface area contributed by atoms with E-state index in [1.165, 1.54) is 22.8 Å². The highest BCUT2D eigenvalue weighted by molar-refractivity contribution is 14.1. The van der Waals surface area contributed by atoms with Gasteiger partial charge in [-0.1, -0.05) is 6.07 Å². The van der Waals surface area contributed by atoms with Crippen molar-refractivity contribution in [1.29, 1.82) is 0 Å². The maximum atomic E-state index is 12.5. The molecule has 2 fully saturated rings. The molecule has 3 rings (SSSR count). The summed E-state index contributed by atoms with van der Waals surface area (Å²) in [6.07, 6.45) is 3.76. The summed E-state index contributed by atoms with van der Waals surface area (Å²) in [5.41, 5.74) is 2.02. The first-order valence-electron chi connectivity index (χ1n) is 6.23. The lowest BCUT2D eigenvalue weighted by Crippen LogP contribution is -2.38. The highest BCUT2D eigenvalue weighted by Crippen LogP contribution is 2.38. The molecule has 1 saturated heterocycles. The van der Waals surface area contributed by atoms with Gasteiger partial charge in [-0.05, 0) is 72.4 Å². The van der Waals surface area contributed by atoms with Crippen LogP contribution in [0.3, 0.4) is 0 Å². The minimum Gasteiger partial charge on any atom is -0.335 e. The van der Waals surface area contributed by atoms with Gasteiger partial charge < -0.3 is 4.90 Å². The van der Waals surface area contributed by atoms with Crippen molar-refractivity contribution >= 4 is 28.5 Å². The lowest BCUT2D eigenvalue weighted by molar-refractivity contribution is 0.0703. The maximum Gasteiger partial charge on any atom is 0.254 e. The SMILES string of the molecule is Cc1c(I)cccc1C(=O)N1C[C@H]2CC[C@H]1C2. The van der Waals surface area contributed by atoms with Gasteiger partial charge in [-0.25, -0.2) is 0 Å². The van der Waals surface area contributed by atoms with Gasteiger partial charge in [-0.3, -0.25) is 4.79 Å². The molecular weight excluding hydrogens is 325 g/mol. The zero-order valence-electron chi connectivity index (χ0n) is 9.95. The van der Waals surface area contributed by atoms with Crippen LogP contribution in [0.1, 0.15) is 35.2 Å². The molecule has 2 nitrogen and oxygen atoms in total. The van der Waals surface area contributed by atoms with E-state index in [0.29, 0.717) is 6.04 Å². The van der Waals surface area contributed by atoms with Crippen molar-refractivity contribution in [1.82, 2.24) is 4.90 Å². The van der Waals surface area contributed by atoms with Crippen molar-refractivity contribution in [3.05, 3.63) is 32.9 Å². The molecule has 0 radical (unpaired) electrons. The van der Waals surface area contributed by atoms with E-state index >= 15 is 0 Å². The average Bonchev–Trinajstić information content (AvgIpc) is 2.94. The zero-order valence-corrected chi connectivity index (χ0v) is 12.1. The number of carbonyl (C=O) groups is 1. The molecule has 1 heterocycles. The summed E-state index contributed by atoms with van der Waals surface area (Å²) in [4.78, 5) is 14.6. The van der Waals surface area contributed by atoms with E-state index in [0.717, 1.165) is 23.6 Å². The Morgan fingerprint density at radius 1 is 1.41 bits per heavy atom. The maximum absolute atomic E-state index is 12.5. The van der Waals surface area contributed by atoms with Gasteiger partial charge in [0.05, 0.1) is 0 Å². The summed E-state index contributed by atoms with van der Waals surface area (Å²) in [6, 6.07) is 6.52. The van der Waals surface area contributed by atoms with Crippen LogP contribution in [0.15, 0.2) is 18.2 Å². The molecule has 90 valence electrons. The molecule has 1 aliphatic heterocycles. The van der Waals surface area contributed by atoms with Gasteiger partial charge in [0.2, 0.25) is 0 Å². The van der Waals surface area contributed by atoms with Crippen LogP contribution in [0.25, 0.3) is 0 Å². The Bertz CT molecular complexity index is 471. The fraction of sp³-hybridized carbons (Fsp3) is 0.500. The average molecular weight is 341 g/mol. The van der Waals surface area contributed by atoms with Gasteiger partial charge in [-0.15, -0.1) is 0 Å². The lowest BCUT2D eigenvalue weighted by atomic mass is 10.1. The van der Waals surface area contributed by atoms with Gasteiger partial charge >= 0.3 is 0 Å². The van der Waals surface area contributed by atoms with Crippen LogP contribution in [0.2, 0.25) is 0 Å². The van der Waals surface area contributed by atoms with Gasteiger partial charge in [0.25, 0.3) is 5.91 Å². The molecule has 1 aromatic rings. The van der Waals surface area contributed by atoms with Crippen LogP contribution in [0.5, 0.6) is 0 Å². The Morgan fingerprint density at radius 3 is 2.88 bits per heavy atom. The molecule has 0 N–H and O–H groups in total. The van der Waals surface area contributed by atoms with Crippen molar-refractivity contribution in [3.63, 3.8) is 0 Å². The highest BCUT2D eigenvalue weighted by atomic mass is 127.